The van der Waals surface area contributed by atoms with Crippen molar-refractivity contribution in [3.8, 4) is 33.2 Å². The predicted molar refractivity (Wildman–Crippen MR) is 130 cm³/mol. The molecule has 4 rings (SSSR count). The molecule has 198 valence electrons. The van der Waals surface area contributed by atoms with Gasteiger partial charge in [-0.25, -0.2) is 4.98 Å². The summed E-state index contributed by atoms with van der Waals surface area (Å²) in [6, 6.07) is 8.73. The van der Waals surface area contributed by atoms with E-state index in [1.54, 1.807) is 23.5 Å². The second-order valence-electron chi connectivity index (χ2n) is 8.84. The summed E-state index contributed by atoms with van der Waals surface area (Å²) in [5.74, 6) is 0.546. The monoisotopic (exact) mass is 541 g/mol. The van der Waals surface area contributed by atoms with Gasteiger partial charge in [0.05, 0.1) is 11.4 Å². The second-order valence-corrected chi connectivity index (χ2v) is 10.0. The molecule has 12 heteroatoms. The van der Waals surface area contributed by atoms with E-state index in [0.29, 0.717) is 11.5 Å². The van der Waals surface area contributed by atoms with Crippen LogP contribution in [0.15, 0.2) is 36.4 Å². The maximum absolute atomic E-state index is 13.1. The van der Waals surface area contributed by atoms with E-state index in [4.69, 9.17) is 0 Å². The van der Waals surface area contributed by atoms with Crippen molar-refractivity contribution in [1.29, 1.82) is 0 Å². The van der Waals surface area contributed by atoms with E-state index < -0.39 is 23.7 Å². The topological polar surface area (TPSA) is 70.2 Å². The number of unbranched alkanes of at least 4 members (excludes halogenated alkanes) is 1. The van der Waals surface area contributed by atoms with Gasteiger partial charge in [0.1, 0.15) is 22.8 Å². The summed E-state index contributed by atoms with van der Waals surface area (Å²) in [5, 5.41) is 11.4. The molecule has 37 heavy (non-hydrogen) atoms. The number of nitrogens with one attached hydrogen (secondary N) is 2. The van der Waals surface area contributed by atoms with Crippen molar-refractivity contribution in [2.24, 2.45) is 5.92 Å². The fourth-order valence-corrected chi connectivity index (χ4v) is 5.11. The van der Waals surface area contributed by atoms with Crippen LogP contribution in [0.3, 0.4) is 0 Å². The average Bonchev–Trinajstić information content (AvgIpc) is 3.61. The highest BCUT2D eigenvalue weighted by Crippen LogP contribution is 2.37. The number of thiophene rings is 1. The number of pyridine rings is 1. The Labute approximate surface area is 213 Å². The molecule has 0 saturated carbocycles. The fraction of sp³-hybridized carbons (Fsp3) is 0.400. The smallest absolute Gasteiger partial charge is 0.273 e. The van der Waals surface area contributed by atoms with Gasteiger partial charge in [-0.05, 0) is 54.3 Å². The summed E-state index contributed by atoms with van der Waals surface area (Å²) in [6.07, 6.45) is -3.89. The molecule has 5 nitrogen and oxygen atoms in total. The highest BCUT2D eigenvalue weighted by atomic mass is 32.1. The third-order valence-corrected chi connectivity index (χ3v) is 7.25. The molecule has 0 radical (unpaired) electrons. The molecular formula is C25H25F6N5S. The molecule has 0 fully saturated rings. The minimum atomic E-state index is -4.63. The summed E-state index contributed by atoms with van der Waals surface area (Å²) >= 11 is 1.55. The lowest BCUT2D eigenvalue weighted by Crippen LogP contribution is -2.04. The molecule has 0 spiro atoms. The zero-order valence-electron chi connectivity index (χ0n) is 20.1. The minimum Gasteiger partial charge on any atom is -0.273 e. The molecule has 1 unspecified atom stereocenters. The lowest BCUT2D eigenvalue weighted by molar-refractivity contribution is -0.142. The first-order valence-corrected chi connectivity index (χ1v) is 12.7. The second kappa shape index (κ2) is 10.7. The van der Waals surface area contributed by atoms with E-state index in [9.17, 15) is 26.3 Å². The van der Waals surface area contributed by atoms with Gasteiger partial charge in [0.2, 0.25) is 0 Å². The normalized spacial score (nSPS) is 13.3. The molecule has 2 N–H and O–H groups in total. The molecule has 1 atom stereocenters. The Hall–Kier alpha value is -3.15. The molecule has 0 aliphatic carbocycles. The Morgan fingerprint density at radius 3 is 1.84 bits per heavy atom. The Morgan fingerprint density at radius 2 is 1.38 bits per heavy atom. The van der Waals surface area contributed by atoms with Crippen LogP contribution < -0.4 is 0 Å². The Balaban J connectivity index is 1.74. The Kier molecular flexibility index (Phi) is 7.77. The lowest BCUT2D eigenvalue weighted by atomic mass is 9.95. The number of hydrogen-bond donors (Lipinski definition) is 2. The Morgan fingerprint density at radius 1 is 0.811 bits per heavy atom. The van der Waals surface area contributed by atoms with Crippen molar-refractivity contribution in [2.75, 3.05) is 0 Å². The third kappa shape index (κ3) is 6.41. The zero-order chi connectivity index (χ0) is 26.8. The maximum Gasteiger partial charge on any atom is 0.432 e. The number of hydrogen-bond acceptors (Lipinski definition) is 4. The number of H-pyrrole nitrogens is 2. The third-order valence-electron chi connectivity index (χ3n) is 6.10. The molecule has 4 heterocycles. The molecule has 0 aliphatic heterocycles. The zero-order valence-corrected chi connectivity index (χ0v) is 20.9. The van der Waals surface area contributed by atoms with E-state index in [-0.39, 0.29) is 22.8 Å². The van der Waals surface area contributed by atoms with Gasteiger partial charge >= 0.3 is 12.4 Å². The molecule has 0 amide bonds. The van der Waals surface area contributed by atoms with Gasteiger partial charge in [-0.2, -0.15) is 36.5 Å². The van der Waals surface area contributed by atoms with Crippen molar-refractivity contribution in [1.82, 2.24) is 25.4 Å². The van der Waals surface area contributed by atoms with Gasteiger partial charge in [-0.1, -0.05) is 39.5 Å². The number of nitrogens with zero attached hydrogens (tertiary/aromatic N) is 3. The van der Waals surface area contributed by atoms with E-state index in [1.165, 1.54) is 0 Å². The van der Waals surface area contributed by atoms with Crippen LogP contribution in [0, 0.1) is 5.92 Å². The van der Waals surface area contributed by atoms with Gasteiger partial charge in [0.25, 0.3) is 0 Å². The van der Waals surface area contributed by atoms with Gasteiger partial charge in [0, 0.05) is 9.75 Å². The van der Waals surface area contributed by atoms with Crippen LogP contribution in [-0.4, -0.2) is 25.4 Å². The van der Waals surface area contributed by atoms with E-state index in [2.05, 4.69) is 29.0 Å². The fourth-order valence-electron chi connectivity index (χ4n) is 4.00. The number of halogens is 6. The lowest BCUT2D eigenvalue weighted by Gasteiger charge is -2.12. The van der Waals surface area contributed by atoms with Crippen LogP contribution in [0.4, 0.5) is 26.3 Å². The van der Waals surface area contributed by atoms with E-state index in [1.807, 2.05) is 22.3 Å². The van der Waals surface area contributed by atoms with Crippen molar-refractivity contribution < 1.29 is 26.3 Å². The van der Waals surface area contributed by atoms with Crippen LogP contribution in [0.5, 0.6) is 0 Å². The summed E-state index contributed by atoms with van der Waals surface area (Å²) in [6.45, 7) is 4.32. The van der Waals surface area contributed by atoms with Crippen LogP contribution in [0.1, 0.15) is 55.8 Å². The molecule has 0 aromatic carbocycles. The SMILES string of the molecule is CCCCC(CC)Cc1ccc(-c2cc(-c3cc(C(F)(F)F)[nH]n3)nc(-c3cc(C(F)(F)F)[nH]n3)c2)s1. The average molecular weight is 542 g/mol. The molecule has 0 saturated heterocycles. The van der Waals surface area contributed by atoms with E-state index >= 15 is 0 Å². The number of aromatic nitrogens is 5. The van der Waals surface area contributed by atoms with Crippen LogP contribution >= 0.6 is 11.3 Å². The first kappa shape index (κ1) is 26.9. The highest BCUT2D eigenvalue weighted by molar-refractivity contribution is 7.15. The first-order valence-electron chi connectivity index (χ1n) is 11.8. The standard InChI is InChI=1S/C25H25F6N5S/c1-3-5-6-14(4-2)9-16-7-8-21(37-16)15-10-17(19-12-22(35-33-19)24(26,27)28)32-18(11-15)20-13-23(36-34-20)25(29,30)31/h7-8,10-14H,3-6,9H2,1-2H3,(H,33,35)(H,34,36). The van der Waals surface area contributed by atoms with Crippen molar-refractivity contribution in [2.45, 2.75) is 58.3 Å². The van der Waals surface area contributed by atoms with Gasteiger partial charge in [0.15, 0.2) is 0 Å². The number of rotatable bonds is 9. The molecule has 0 aliphatic rings. The highest BCUT2D eigenvalue weighted by Gasteiger charge is 2.34. The van der Waals surface area contributed by atoms with E-state index in [0.717, 1.165) is 54.0 Å². The van der Waals surface area contributed by atoms with Crippen LogP contribution in [0.2, 0.25) is 0 Å². The molecule has 0 bridgehead atoms. The number of aromatic amines is 2. The first-order chi connectivity index (χ1) is 17.5. The summed E-state index contributed by atoms with van der Waals surface area (Å²) < 4.78 is 78.7. The van der Waals surface area contributed by atoms with Crippen molar-refractivity contribution >= 4 is 11.3 Å². The molecule has 4 aromatic heterocycles. The minimum absolute atomic E-state index is 0.0793. The summed E-state index contributed by atoms with van der Waals surface area (Å²) in [5.41, 5.74) is -1.49. The molecule has 4 aromatic rings. The largest absolute Gasteiger partial charge is 0.432 e. The molecular weight excluding hydrogens is 516 g/mol. The number of alkyl halides is 6. The van der Waals surface area contributed by atoms with Gasteiger partial charge < -0.3 is 0 Å². The van der Waals surface area contributed by atoms with Crippen LogP contribution in [0.25, 0.3) is 33.2 Å². The quantitative estimate of drug-likeness (QED) is 0.209. The van der Waals surface area contributed by atoms with Crippen molar-refractivity contribution in [3.63, 3.8) is 0 Å². The summed E-state index contributed by atoms with van der Waals surface area (Å²) in [7, 11) is 0. The predicted octanol–water partition coefficient (Wildman–Crippen LogP) is 8.39. The maximum atomic E-state index is 13.1. The van der Waals surface area contributed by atoms with Gasteiger partial charge in [-0.15, -0.1) is 11.3 Å². The van der Waals surface area contributed by atoms with Crippen molar-refractivity contribution in [3.05, 3.63) is 52.7 Å². The Bertz CT molecular complexity index is 1260. The summed E-state index contributed by atoms with van der Waals surface area (Å²) in [4.78, 5) is 6.28. The van der Waals surface area contributed by atoms with Crippen LogP contribution in [-0.2, 0) is 18.8 Å². The van der Waals surface area contributed by atoms with Gasteiger partial charge in [-0.3, -0.25) is 10.2 Å².